The molecule has 2 rings (SSSR count). The molecule has 2 aromatic rings. The number of rotatable bonds is 6. The Morgan fingerprint density at radius 2 is 2.16 bits per heavy atom. The maximum atomic E-state index is 5.79. The molecule has 0 aliphatic heterocycles. The second-order valence-corrected chi connectivity index (χ2v) is 5.90. The van der Waals surface area contributed by atoms with Gasteiger partial charge in [-0.15, -0.1) is 0 Å². The van der Waals surface area contributed by atoms with E-state index in [4.69, 9.17) is 9.15 Å². The zero-order chi connectivity index (χ0) is 13.7. The smallest absolute Gasteiger partial charge is 0.124 e. The highest BCUT2D eigenvalue weighted by Gasteiger charge is 2.07. The van der Waals surface area contributed by atoms with Crippen LogP contribution in [-0.4, -0.2) is 6.04 Å². The molecule has 0 bridgehead atoms. The molecule has 0 aliphatic rings. The van der Waals surface area contributed by atoms with Crippen LogP contribution < -0.4 is 10.1 Å². The van der Waals surface area contributed by atoms with E-state index in [-0.39, 0.29) is 0 Å². The van der Waals surface area contributed by atoms with Crippen LogP contribution >= 0.6 is 22.6 Å². The Kier molecular flexibility index (Phi) is 5.27. The van der Waals surface area contributed by atoms with Crippen LogP contribution in [0.2, 0.25) is 0 Å². The summed E-state index contributed by atoms with van der Waals surface area (Å²) >= 11 is 2.28. The first-order valence-electron chi connectivity index (χ1n) is 6.32. The van der Waals surface area contributed by atoms with E-state index >= 15 is 0 Å². The lowest BCUT2D eigenvalue weighted by Gasteiger charge is -2.09. The molecule has 0 saturated heterocycles. The van der Waals surface area contributed by atoms with Gasteiger partial charge in [-0.3, -0.25) is 0 Å². The SMILES string of the molecule is CC(C)NCc1occc1COc1cccc(I)c1. The molecule has 0 unspecified atom stereocenters. The Hall–Kier alpha value is -1.01. The molecule has 102 valence electrons. The van der Waals surface area contributed by atoms with Crippen molar-refractivity contribution in [2.75, 3.05) is 0 Å². The molecule has 0 amide bonds. The summed E-state index contributed by atoms with van der Waals surface area (Å²) in [6.07, 6.45) is 1.71. The van der Waals surface area contributed by atoms with Crippen molar-refractivity contribution in [1.82, 2.24) is 5.32 Å². The van der Waals surface area contributed by atoms with Crippen LogP contribution in [0, 0.1) is 3.57 Å². The van der Waals surface area contributed by atoms with Gasteiger partial charge in [0.25, 0.3) is 0 Å². The fourth-order valence-electron chi connectivity index (χ4n) is 1.67. The minimum absolute atomic E-state index is 0.439. The minimum Gasteiger partial charge on any atom is -0.489 e. The summed E-state index contributed by atoms with van der Waals surface area (Å²) in [4.78, 5) is 0. The normalized spacial score (nSPS) is 10.9. The number of hydrogen-bond donors (Lipinski definition) is 1. The molecule has 1 N–H and O–H groups in total. The van der Waals surface area contributed by atoms with Crippen LogP contribution in [0.3, 0.4) is 0 Å². The summed E-state index contributed by atoms with van der Waals surface area (Å²) in [6, 6.07) is 10.4. The van der Waals surface area contributed by atoms with Crippen LogP contribution in [0.15, 0.2) is 41.0 Å². The second-order valence-electron chi connectivity index (χ2n) is 4.65. The van der Waals surface area contributed by atoms with E-state index < -0.39 is 0 Å². The summed E-state index contributed by atoms with van der Waals surface area (Å²) in [5, 5.41) is 3.35. The zero-order valence-corrected chi connectivity index (χ0v) is 13.3. The molecule has 19 heavy (non-hydrogen) atoms. The van der Waals surface area contributed by atoms with Gasteiger partial charge in [0.2, 0.25) is 0 Å². The third-order valence-electron chi connectivity index (χ3n) is 2.70. The molecule has 3 nitrogen and oxygen atoms in total. The van der Waals surface area contributed by atoms with Gasteiger partial charge in [-0.05, 0) is 46.9 Å². The highest BCUT2D eigenvalue weighted by atomic mass is 127. The molecule has 0 atom stereocenters. The van der Waals surface area contributed by atoms with Crippen LogP contribution in [-0.2, 0) is 13.2 Å². The van der Waals surface area contributed by atoms with Crippen molar-refractivity contribution in [3.05, 3.63) is 51.5 Å². The Labute approximate surface area is 127 Å². The molecule has 1 heterocycles. The first-order chi connectivity index (χ1) is 9.15. The van der Waals surface area contributed by atoms with E-state index in [2.05, 4.69) is 41.8 Å². The number of ether oxygens (including phenoxy) is 1. The van der Waals surface area contributed by atoms with Crippen molar-refractivity contribution in [2.24, 2.45) is 0 Å². The fourth-order valence-corrected chi connectivity index (χ4v) is 2.18. The van der Waals surface area contributed by atoms with Gasteiger partial charge in [-0.2, -0.15) is 0 Å². The van der Waals surface area contributed by atoms with E-state index in [0.29, 0.717) is 12.6 Å². The summed E-state index contributed by atoms with van der Waals surface area (Å²) in [7, 11) is 0. The lowest BCUT2D eigenvalue weighted by atomic mass is 10.2. The molecular weight excluding hydrogens is 353 g/mol. The first-order valence-corrected chi connectivity index (χ1v) is 7.40. The van der Waals surface area contributed by atoms with Crippen molar-refractivity contribution in [3.63, 3.8) is 0 Å². The Morgan fingerprint density at radius 1 is 1.32 bits per heavy atom. The van der Waals surface area contributed by atoms with E-state index in [1.807, 2.05) is 30.3 Å². The molecule has 0 saturated carbocycles. The van der Waals surface area contributed by atoms with Crippen LogP contribution in [0.1, 0.15) is 25.2 Å². The molecule has 1 aromatic carbocycles. The van der Waals surface area contributed by atoms with Crippen LogP contribution in [0.4, 0.5) is 0 Å². The molecule has 1 aromatic heterocycles. The number of nitrogens with one attached hydrogen (secondary N) is 1. The topological polar surface area (TPSA) is 34.4 Å². The molecule has 0 radical (unpaired) electrons. The van der Waals surface area contributed by atoms with Crippen molar-refractivity contribution in [2.45, 2.75) is 33.0 Å². The molecule has 0 aliphatic carbocycles. The lowest BCUT2D eigenvalue weighted by molar-refractivity contribution is 0.300. The van der Waals surface area contributed by atoms with E-state index in [9.17, 15) is 0 Å². The van der Waals surface area contributed by atoms with Crippen LogP contribution in [0.25, 0.3) is 0 Å². The zero-order valence-electron chi connectivity index (χ0n) is 11.2. The Balaban J connectivity index is 1.94. The standard InChI is InChI=1S/C15H18INO2/c1-11(2)17-9-15-12(6-7-18-15)10-19-14-5-3-4-13(16)8-14/h3-8,11,17H,9-10H2,1-2H3. The highest BCUT2D eigenvalue weighted by molar-refractivity contribution is 14.1. The number of halogens is 1. The Bertz CT molecular complexity index is 522. The highest BCUT2D eigenvalue weighted by Crippen LogP contribution is 2.18. The van der Waals surface area contributed by atoms with Gasteiger partial charge in [0.1, 0.15) is 18.1 Å². The lowest BCUT2D eigenvalue weighted by Crippen LogP contribution is -2.22. The summed E-state index contributed by atoms with van der Waals surface area (Å²) < 4.78 is 12.4. The summed E-state index contributed by atoms with van der Waals surface area (Å²) in [6.45, 7) is 5.50. The summed E-state index contributed by atoms with van der Waals surface area (Å²) in [5.41, 5.74) is 1.09. The van der Waals surface area contributed by atoms with Gasteiger partial charge >= 0.3 is 0 Å². The quantitative estimate of drug-likeness (QED) is 0.781. The average molecular weight is 371 g/mol. The number of furan rings is 1. The maximum absolute atomic E-state index is 5.79. The number of benzene rings is 1. The van der Waals surface area contributed by atoms with E-state index in [1.165, 1.54) is 3.57 Å². The molecule has 4 heteroatoms. The molecule has 0 fully saturated rings. The van der Waals surface area contributed by atoms with Crippen molar-refractivity contribution in [3.8, 4) is 5.75 Å². The van der Waals surface area contributed by atoms with Gasteiger partial charge in [0, 0.05) is 15.2 Å². The van der Waals surface area contributed by atoms with Gasteiger partial charge < -0.3 is 14.5 Å². The second kappa shape index (κ2) is 6.96. The van der Waals surface area contributed by atoms with Gasteiger partial charge in [0.05, 0.1) is 12.8 Å². The average Bonchev–Trinajstić information content (AvgIpc) is 2.81. The fraction of sp³-hybridized carbons (Fsp3) is 0.333. The predicted octanol–water partition coefficient (Wildman–Crippen LogP) is 3.96. The number of hydrogen-bond acceptors (Lipinski definition) is 3. The molecular formula is C15H18INO2. The first kappa shape index (κ1) is 14.4. The minimum atomic E-state index is 0.439. The third kappa shape index (κ3) is 4.54. The molecule has 0 spiro atoms. The van der Waals surface area contributed by atoms with E-state index in [0.717, 1.165) is 23.6 Å². The van der Waals surface area contributed by atoms with E-state index in [1.54, 1.807) is 6.26 Å². The summed E-state index contributed by atoms with van der Waals surface area (Å²) in [5.74, 6) is 1.83. The Morgan fingerprint density at radius 3 is 2.89 bits per heavy atom. The van der Waals surface area contributed by atoms with Crippen molar-refractivity contribution in [1.29, 1.82) is 0 Å². The van der Waals surface area contributed by atoms with Crippen LogP contribution in [0.5, 0.6) is 5.75 Å². The third-order valence-corrected chi connectivity index (χ3v) is 3.37. The van der Waals surface area contributed by atoms with Gasteiger partial charge in [0.15, 0.2) is 0 Å². The van der Waals surface area contributed by atoms with Gasteiger partial charge in [-0.25, -0.2) is 0 Å². The van der Waals surface area contributed by atoms with Gasteiger partial charge in [-0.1, -0.05) is 19.9 Å². The van der Waals surface area contributed by atoms with Crippen molar-refractivity contribution >= 4 is 22.6 Å². The predicted molar refractivity (Wildman–Crippen MR) is 84.2 cm³/mol. The maximum Gasteiger partial charge on any atom is 0.124 e. The largest absolute Gasteiger partial charge is 0.489 e. The van der Waals surface area contributed by atoms with Crippen molar-refractivity contribution < 1.29 is 9.15 Å². The monoisotopic (exact) mass is 371 g/mol.